The summed E-state index contributed by atoms with van der Waals surface area (Å²) >= 11 is 0. The molecule has 2 aromatic rings. The van der Waals surface area contributed by atoms with Gasteiger partial charge in [-0.15, -0.1) is 0 Å². The largest absolute Gasteiger partial charge is 0.346 e. The van der Waals surface area contributed by atoms with E-state index in [0.29, 0.717) is 18.0 Å². The normalized spacial score (nSPS) is 17.2. The Kier molecular flexibility index (Phi) is 13.8. The zero-order valence-electron chi connectivity index (χ0n) is 26.2. The van der Waals surface area contributed by atoms with Gasteiger partial charge in [-0.25, -0.2) is 0 Å². The van der Waals surface area contributed by atoms with Crippen molar-refractivity contribution in [2.24, 2.45) is 10.8 Å². The fourth-order valence-electron chi connectivity index (χ4n) is 5.64. The summed E-state index contributed by atoms with van der Waals surface area (Å²) in [6.45, 7) is 20.1. The van der Waals surface area contributed by atoms with E-state index in [1.807, 2.05) is 37.4 Å². The number of rotatable bonds is 9. The molecule has 1 fully saturated rings. The van der Waals surface area contributed by atoms with Crippen molar-refractivity contribution < 1.29 is 9.59 Å². The molecule has 1 amide bonds. The number of carbonyl (C=O) groups is 2. The zero-order chi connectivity index (χ0) is 29.3. The molecule has 224 valence electrons. The number of nitrogens with zero attached hydrogens (tertiary/aromatic N) is 2. The van der Waals surface area contributed by atoms with Crippen LogP contribution in [0.15, 0.2) is 60.7 Å². The second-order valence-electron chi connectivity index (χ2n) is 13.7. The first-order valence-corrected chi connectivity index (χ1v) is 14.8. The second-order valence-corrected chi connectivity index (χ2v) is 13.7. The van der Waals surface area contributed by atoms with Crippen LogP contribution in [-0.2, 0) is 10.2 Å². The minimum Gasteiger partial charge on any atom is -0.346 e. The Morgan fingerprint density at radius 3 is 1.93 bits per heavy atom. The third-order valence-corrected chi connectivity index (χ3v) is 8.61. The molecule has 0 saturated carbocycles. The number of unbranched alkanes of at least 4 members (excludes halogenated alkanes) is 1. The van der Waals surface area contributed by atoms with Crippen LogP contribution >= 0.6 is 0 Å². The average Bonchev–Trinajstić information content (AvgIpc) is 3.34. The molecule has 0 aromatic heterocycles. The Bertz CT molecular complexity index is 1020. The predicted octanol–water partition coefficient (Wildman–Crippen LogP) is 8.65. The minimum atomic E-state index is -0.0122. The molecule has 40 heavy (non-hydrogen) atoms. The van der Waals surface area contributed by atoms with Gasteiger partial charge < -0.3 is 4.90 Å². The highest BCUT2D eigenvalue weighted by atomic mass is 16.2. The SMILES string of the molecule is C.CC(=O)N(C)CCCCC(C)(C)C.CC(C)(C)[C@](C)(c1ccccc1)[C@@H]1CCCN1CC(=O)c1ccccc1. The summed E-state index contributed by atoms with van der Waals surface area (Å²) in [5.41, 5.74) is 2.69. The van der Waals surface area contributed by atoms with Gasteiger partial charge in [-0.3, -0.25) is 14.5 Å². The van der Waals surface area contributed by atoms with Gasteiger partial charge in [0.1, 0.15) is 0 Å². The van der Waals surface area contributed by atoms with Gasteiger partial charge in [0, 0.05) is 37.5 Å². The van der Waals surface area contributed by atoms with Crippen molar-refractivity contribution in [3.63, 3.8) is 0 Å². The number of likely N-dealkylation sites (tertiary alicyclic amines) is 1. The van der Waals surface area contributed by atoms with E-state index in [2.05, 4.69) is 83.7 Å². The fraction of sp³-hybridized carbons (Fsp3) is 0.611. The summed E-state index contributed by atoms with van der Waals surface area (Å²) in [5.74, 6) is 0.387. The number of Topliss-reactive ketones (excluding diaryl/α,β-unsaturated/α-hetero) is 1. The lowest BCUT2D eigenvalue weighted by atomic mass is 9.59. The quantitative estimate of drug-likeness (QED) is 0.232. The zero-order valence-corrected chi connectivity index (χ0v) is 26.2. The van der Waals surface area contributed by atoms with Crippen molar-refractivity contribution in [1.82, 2.24) is 9.80 Å². The topological polar surface area (TPSA) is 40.6 Å². The van der Waals surface area contributed by atoms with Gasteiger partial charge in [0.15, 0.2) is 5.78 Å². The standard InChI is InChI=1S/C24H31NO.C11H23NO.CH4/c1-23(2,3)24(4,20-14-9-6-10-15-20)22-16-11-17-25(22)18-21(26)19-12-7-5-8-13-19;1-10(13)12(5)9-7-6-8-11(2,3)4;/h5-10,12-15,22H,11,16-18H2,1-4H3;6-9H2,1-5H3;1H4/t22-,24+;;/m0../s1. The lowest BCUT2D eigenvalue weighted by Gasteiger charge is -2.50. The summed E-state index contributed by atoms with van der Waals surface area (Å²) in [6.07, 6.45) is 5.86. The number of hydrogen-bond acceptors (Lipinski definition) is 3. The minimum absolute atomic E-state index is 0. The van der Waals surface area contributed by atoms with Crippen molar-refractivity contribution in [2.45, 2.75) is 106 Å². The molecule has 0 aliphatic carbocycles. The number of amides is 1. The molecule has 0 radical (unpaired) electrons. The van der Waals surface area contributed by atoms with Crippen molar-refractivity contribution in [3.8, 4) is 0 Å². The lowest BCUT2D eigenvalue weighted by Crippen LogP contribution is -2.53. The van der Waals surface area contributed by atoms with Gasteiger partial charge in [-0.05, 0) is 48.6 Å². The Morgan fingerprint density at radius 2 is 1.43 bits per heavy atom. The number of carbonyl (C=O) groups excluding carboxylic acids is 2. The third kappa shape index (κ3) is 10.2. The summed E-state index contributed by atoms with van der Waals surface area (Å²) in [4.78, 5) is 27.9. The van der Waals surface area contributed by atoms with Crippen LogP contribution in [0, 0.1) is 10.8 Å². The molecule has 1 saturated heterocycles. The van der Waals surface area contributed by atoms with Crippen LogP contribution in [-0.4, -0.2) is 54.2 Å². The smallest absolute Gasteiger partial charge is 0.219 e. The number of benzene rings is 2. The first-order valence-electron chi connectivity index (χ1n) is 14.8. The van der Waals surface area contributed by atoms with Crippen molar-refractivity contribution in [3.05, 3.63) is 71.8 Å². The average molecular weight is 551 g/mol. The van der Waals surface area contributed by atoms with E-state index in [1.54, 1.807) is 11.8 Å². The monoisotopic (exact) mass is 550 g/mol. The molecule has 0 bridgehead atoms. The van der Waals surface area contributed by atoms with Crippen molar-refractivity contribution >= 4 is 11.7 Å². The number of ketones is 1. The molecular weight excluding hydrogens is 492 g/mol. The summed E-state index contributed by atoms with van der Waals surface area (Å²) in [6, 6.07) is 20.9. The van der Waals surface area contributed by atoms with Crippen LogP contribution in [0.1, 0.15) is 111 Å². The maximum absolute atomic E-state index is 12.8. The Hall–Kier alpha value is -2.46. The van der Waals surface area contributed by atoms with Crippen molar-refractivity contribution in [2.75, 3.05) is 26.7 Å². The fourth-order valence-corrected chi connectivity index (χ4v) is 5.64. The van der Waals surface area contributed by atoms with Crippen LogP contribution in [0.3, 0.4) is 0 Å². The predicted molar refractivity (Wildman–Crippen MR) is 172 cm³/mol. The molecule has 4 nitrogen and oxygen atoms in total. The van der Waals surface area contributed by atoms with Crippen LogP contribution in [0.2, 0.25) is 0 Å². The maximum Gasteiger partial charge on any atom is 0.219 e. The van der Waals surface area contributed by atoms with Gasteiger partial charge in [0.25, 0.3) is 0 Å². The summed E-state index contributed by atoms with van der Waals surface area (Å²) < 4.78 is 0. The summed E-state index contributed by atoms with van der Waals surface area (Å²) in [5, 5.41) is 0. The molecular formula is C36H58N2O2. The summed E-state index contributed by atoms with van der Waals surface area (Å²) in [7, 11) is 1.86. The van der Waals surface area contributed by atoms with Gasteiger partial charge in [0.05, 0.1) is 6.54 Å². The highest BCUT2D eigenvalue weighted by Gasteiger charge is 2.49. The molecule has 0 unspecified atom stereocenters. The highest BCUT2D eigenvalue weighted by Crippen LogP contribution is 2.48. The maximum atomic E-state index is 12.8. The van der Waals surface area contributed by atoms with Gasteiger partial charge in [-0.1, -0.05) is 123 Å². The third-order valence-electron chi connectivity index (χ3n) is 8.61. The molecule has 0 N–H and O–H groups in total. The Balaban J connectivity index is 0.000000489. The first kappa shape index (κ1) is 35.6. The van der Waals surface area contributed by atoms with E-state index in [4.69, 9.17) is 0 Å². The van der Waals surface area contributed by atoms with Crippen molar-refractivity contribution in [1.29, 1.82) is 0 Å². The van der Waals surface area contributed by atoms with Crippen LogP contribution in [0.5, 0.6) is 0 Å². The lowest BCUT2D eigenvalue weighted by molar-refractivity contribution is -0.127. The molecule has 1 aliphatic heterocycles. The van der Waals surface area contributed by atoms with E-state index >= 15 is 0 Å². The Labute approximate surface area is 246 Å². The Morgan fingerprint density at radius 1 is 0.875 bits per heavy atom. The van der Waals surface area contributed by atoms with E-state index < -0.39 is 0 Å². The first-order chi connectivity index (χ1) is 18.2. The molecule has 1 heterocycles. The molecule has 2 aromatic carbocycles. The molecule has 2 atom stereocenters. The van der Waals surface area contributed by atoms with Crippen LogP contribution in [0.25, 0.3) is 0 Å². The van der Waals surface area contributed by atoms with E-state index in [-0.39, 0.29) is 29.9 Å². The second kappa shape index (κ2) is 15.5. The van der Waals surface area contributed by atoms with Gasteiger partial charge >= 0.3 is 0 Å². The van der Waals surface area contributed by atoms with E-state index in [0.717, 1.165) is 37.9 Å². The molecule has 0 spiro atoms. The number of hydrogen-bond donors (Lipinski definition) is 0. The molecule has 3 rings (SSSR count). The van der Waals surface area contributed by atoms with Gasteiger partial charge in [-0.2, -0.15) is 0 Å². The van der Waals surface area contributed by atoms with Crippen LogP contribution < -0.4 is 0 Å². The van der Waals surface area contributed by atoms with Crippen LogP contribution in [0.4, 0.5) is 0 Å². The van der Waals surface area contributed by atoms with E-state index in [1.165, 1.54) is 18.4 Å². The molecule has 4 heteroatoms. The highest BCUT2D eigenvalue weighted by molar-refractivity contribution is 5.97. The van der Waals surface area contributed by atoms with Gasteiger partial charge in [0.2, 0.25) is 5.91 Å². The van der Waals surface area contributed by atoms with E-state index in [9.17, 15) is 9.59 Å². The molecule has 1 aliphatic rings.